The molecule has 0 saturated heterocycles. The Morgan fingerprint density at radius 3 is 2.50 bits per heavy atom. The standard InChI is InChI=1S/C7H10Cl2O/c8-6-1-2-7(9)5(3-6)4-10/h4-7H,1-3H2. The van der Waals surface area contributed by atoms with Crippen LogP contribution < -0.4 is 0 Å². The quantitative estimate of drug-likeness (QED) is 0.447. The largest absolute Gasteiger partial charge is 0.303 e. The van der Waals surface area contributed by atoms with Gasteiger partial charge in [-0.1, -0.05) is 0 Å². The van der Waals surface area contributed by atoms with E-state index in [0.717, 1.165) is 25.5 Å². The van der Waals surface area contributed by atoms with Crippen LogP contribution in [0.15, 0.2) is 0 Å². The molecule has 1 nitrogen and oxygen atoms in total. The molecule has 1 aliphatic carbocycles. The summed E-state index contributed by atoms with van der Waals surface area (Å²) in [6.45, 7) is 0. The van der Waals surface area contributed by atoms with Crippen molar-refractivity contribution in [2.24, 2.45) is 5.92 Å². The Labute approximate surface area is 70.7 Å². The minimum atomic E-state index is -0.0158. The lowest BCUT2D eigenvalue weighted by atomic mass is 9.89. The molecule has 0 spiro atoms. The van der Waals surface area contributed by atoms with E-state index in [9.17, 15) is 4.79 Å². The van der Waals surface area contributed by atoms with Crippen molar-refractivity contribution >= 4 is 29.5 Å². The Hall–Kier alpha value is 0.250. The number of halogens is 2. The Morgan fingerprint density at radius 1 is 1.30 bits per heavy atom. The molecule has 0 aromatic carbocycles. The summed E-state index contributed by atoms with van der Waals surface area (Å²) in [6, 6.07) is 0. The molecule has 3 unspecified atom stereocenters. The highest BCUT2D eigenvalue weighted by Crippen LogP contribution is 2.30. The smallest absolute Gasteiger partial charge is 0.124 e. The van der Waals surface area contributed by atoms with Crippen LogP contribution in [0.5, 0.6) is 0 Å². The van der Waals surface area contributed by atoms with Gasteiger partial charge in [-0.3, -0.25) is 0 Å². The van der Waals surface area contributed by atoms with Crippen LogP contribution in [-0.2, 0) is 4.79 Å². The summed E-state index contributed by atoms with van der Waals surface area (Å²) in [5.41, 5.74) is 0. The average Bonchev–Trinajstić information content (AvgIpc) is 1.94. The van der Waals surface area contributed by atoms with E-state index < -0.39 is 0 Å². The molecule has 1 aliphatic rings. The summed E-state index contributed by atoms with van der Waals surface area (Å²) in [6.07, 6.45) is 3.49. The van der Waals surface area contributed by atoms with Gasteiger partial charge in [0.25, 0.3) is 0 Å². The molecule has 3 atom stereocenters. The second-order valence-electron chi connectivity index (χ2n) is 2.73. The van der Waals surface area contributed by atoms with Crippen LogP contribution in [0.25, 0.3) is 0 Å². The van der Waals surface area contributed by atoms with Crippen LogP contribution in [-0.4, -0.2) is 17.0 Å². The van der Waals surface area contributed by atoms with Gasteiger partial charge >= 0.3 is 0 Å². The maximum atomic E-state index is 10.4. The fourth-order valence-corrected chi connectivity index (χ4v) is 1.88. The zero-order valence-corrected chi connectivity index (χ0v) is 7.11. The van der Waals surface area contributed by atoms with Gasteiger partial charge in [-0.25, -0.2) is 0 Å². The van der Waals surface area contributed by atoms with Crippen LogP contribution in [0.2, 0.25) is 0 Å². The van der Waals surface area contributed by atoms with E-state index in [1.54, 1.807) is 0 Å². The number of rotatable bonds is 1. The van der Waals surface area contributed by atoms with Crippen molar-refractivity contribution in [2.75, 3.05) is 0 Å². The number of alkyl halides is 2. The van der Waals surface area contributed by atoms with Gasteiger partial charge in [0.2, 0.25) is 0 Å². The molecule has 3 heteroatoms. The lowest BCUT2D eigenvalue weighted by molar-refractivity contribution is -0.111. The highest BCUT2D eigenvalue weighted by molar-refractivity contribution is 6.23. The summed E-state index contributed by atoms with van der Waals surface area (Å²) in [4.78, 5) is 10.4. The number of carbonyl (C=O) groups is 1. The fraction of sp³-hybridized carbons (Fsp3) is 0.857. The molecule has 0 radical (unpaired) electrons. The molecule has 1 rings (SSSR count). The first-order chi connectivity index (χ1) is 4.74. The molecule has 1 saturated carbocycles. The maximum Gasteiger partial charge on any atom is 0.124 e. The van der Waals surface area contributed by atoms with E-state index in [0.29, 0.717) is 0 Å². The molecule has 58 valence electrons. The molecule has 10 heavy (non-hydrogen) atoms. The second-order valence-corrected chi connectivity index (χ2v) is 3.90. The first-order valence-electron chi connectivity index (χ1n) is 3.47. The summed E-state index contributed by atoms with van der Waals surface area (Å²) in [5.74, 6) is -0.0158. The third-order valence-corrected chi connectivity index (χ3v) is 2.86. The summed E-state index contributed by atoms with van der Waals surface area (Å²) >= 11 is 11.7. The van der Waals surface area contributed by atoms with Crippen molar-refractivity contribution in [1.29, 1.82) is 0 Å². The van der Waals surface area contributed by atoms with Gasteiger partial charge in [0.05, 0.1) is 0 Å². The van der Waals surface area contributed by atoms with E-state index in [1.165, 1.54) is 0 Å². The molecule has 0 aliphatic heterocycles. The van der Waals surface area contributed by atoms with Crippen LogP contribution in [0.4, 0.5) is 0 Å². The third-order valence-electron chi connectivity index (χ3n) is 1.92. The molecular weight excluding hydrogens is 171 g/mol. The molecule has 0 heterocycles. The number of hydrogen-bond acceptors (Lipinski definition) is 1. The molecule has 0 N–H and O–H groups in total. The van der Waals surface area contributed by atoms with Crippen molar-refractivity contribution in [1.82, 2.24) is 0 Å². The van der Waals surface area contributed by atoms with Gasteiger partial charge < -0.3 is 4.79 Å². The average molecular weight is 181 g/mol. The molecule has 0 aromatic rings. The fourth-order valence-electron chi connectivity index (χ4n) is 1.26. The van der Waals surface area contributed by atoms with Crippen molar-refractivity contribution < 1.29 is 4.79 Å². The van der Waals surface area contributed by atoms with Crippen molar-refractivity contribution in [2.45, 2.75) is 30.0 Å². The lowest BCUT2D eigenvalue weighted by Gasteiger charge is -2.25. The predicted octanol–water partition coefficient (Wildman–Crippen LogP) is 2.20. The van der Waals surface area contributed by atoms with Crippen molar-refractivity contribution in [3.8, 4) is 0 Å². The lowest BCUT2D eigenvalue weighted by Crippen LogP contribution is -2.26. The summed E-state index contributed by atoms with van der Waals surface area (Å²) < 4.78 is 0. The van der Waals surface area contributed by atoms with Gasteiger partial charge in [-0.15, -0.1) is 23.2 Å². The third kappa shape index (κ3) is 1.86. The van der Waals surface area contributed by atoms with Gasteiger partial charge in [0.1, 0.15) is 6.29 Å². The van der Waals surface area contributed by atoms with E-state index in [1.807, 2.05) is 0 Å². The zero-order valence-electron chi connectivity index (χ0n) is 5.59. The van der Waals surface area contributed by atoms with E-state index >= 15 is 0 Å². The van der Waals surface area contributed by atoms with Crippen LogP contribution >= 0.6 is 23.2 Å². The topological polar surface area (TPSA) is 17.1 Å². The zero-order chi connectivity index (χ0) is 7.56. The van der Waals surface area contributed by atoms with Crippen molar-refractivity contribution in [3.63, 3.8) is 0 Å². The number of hydrogen-bond donors (Lipinski definition) is 0. The molecule has 0 bridgehead atoms. The predicted molar refractivity (Wildman–Crippen MR) is 42.7 cm³/mol. The Morgan fingerprint density at radius 2 is 2.00 bits per heavy atom. The number of aldehydes is 1. The van der Waals surface area contributed by atoms with Crippen LogP contribution in [0, 0.1) is 5.92 Å². The number of carbonyl (C=O) groups excluding carboxylic acids is 1. The Balaban J connectivity index is 2.45. The Kier molecular flexibility index (Phi) is 2.99. The SMILES string of the molecule is O=CC1CC(Cl)CCC1Cl. The minimum absolute atomic E-state index is 0.0158. The maximum absolute atomic E-state index is 10.4. The van der Waals surface area contributed by atoms with Gasteiger partial charge in [-0.05, 0) is 19.3 Å². The Bertz CT molecular complexity index is 127. The normalized spacial score (nSPS) is 41.2. The second kappa shape index (κ2) is 3.59. The van der Waals surface area contributed by atoms with E-state index in [4.69, 9.17) is 23.2 Å². The molecule has 0 aromatic heterocycles. The van der Waals surface area contributed by atoms with Gasteiger partial charge in [0, 0.05) is 16.7 Å². The first kappa shape index (κ1) is 8.35. The van der Waals surface area contributed by atoms with Crippen LogP contribution in [0.1, 0.15) is 19.3 Å². The molecular formula is C7H10Cl2O. The first-order valence-corrected chi connectivity index (χ1v) is 4.34. The molecule has 1 fully saturated rings. The highest BCUT2D eigenvalue weighted by atomic mass is 35.5. The van der Waals surface area contributed by atoms with Crippen molar-refractivity contribution in [3.05, 3.63) is 0 Å². The summed E-state index contributed by atoms with van der Waals surface area (Å²) in [5, 5.41) is 0.178. The van der Waals surface area contributed by atoms with Crippen LogP contribution in [0.3, 0.4) is 0 Å². The monoisotopic (exact) mass is 180 g/mol. The van der Waals surface area contributed by atoms with E-state index in [2.05, 4.69) is 0 Å². The van der Waals surface area contributed by atoms with Gasteiger partial charge in [0.15, 0.2) is 0 Å². The van der Waals surface area contributed by atoms with Gasteiger partial charge in [-0.2, -0.15) is 0 Å². The summed E-state index contributed by atoms with van der Waals surface area (Å²) in [7, 11) is 0. The molecule has 0 amide bonds. The van der Waals surface area contributed by atoms with E-state index in [-0.39, 0.29) is 16.7 Å². The highest BCUT2D eigenvalue weighted by Gasteiger charge is 2.27. The minimum Gasteiger partial charge on any atom is -0.303 e.